The number of benzene rings is 2. The fourth-order valence-corrected chi connectivity index (χ4v) is 4.41. The third-order valence-electron chi connectivity index (χ3n) is 5.10. The second-order valence-electron chi connectivity index (χ2n) is 7.36. The first-order chi connectivity index (χ1) is 15.2. The van der Waals surface area contributed by atoms with Gasteiger partial charge in [-0.25, -0.2) is 13.4 Å². The van der Waals surface area contributed by atoms with E-state index >= 15 is 0 Å². The van der Waals surface area contributed by atoms with Crippen molar-refractivity contribution in [2.45, 2.75) is 6.92 Å². The third-order valence-corrected chi connectivity index (χ3v) is 7.07. The van der Waals surface area contributed by atoms with E-state index in [1.165, 1.54) is 22.7 Å². The van der Waals surface area contributed by atoms with Gasteiger partial charge in [-0.2, -0.15) is 0 Å². The maximum atomic E-state index is 12.8. The summed E-state index contributed by atoms with van der Waals surface area (Å²) in [5, 5.41) is 5.21. The van der Waals surface area contributed by atoms with Gasteiger partial charge in [0.25, 0.3) is 5.91 Å². The number of aryl methyl sites for hydroxylation is 1. The summed E-state index contributed by atoms with van der Waals surface area (Å²) in [6.45, 7) is 2.00. The van der Waals surface area contributed by atoms with Crippen LogP contribution in [-0.2, 0) is 10.0 Å². The van der Waals surface area contributed by atoms with Crippen LogP contribution in [0.5, 0.6) is 0 Å². The van der Waals surface area contributed by atoms with Gasteiger partial charge in [-0.15, -0.1) is 11.3 Å². The standard InChI is InChI=1S/C23H22N4O3S2/c1-16-6-7-18(14-21(16)27-12-4-5-13-27)22(28)25-23-24-20(15-31-23)17-8-10-19(11-9-17)26(2)32(3,29)30/h4-15H,1-3H3,(H,24,25,28). The van der Waals surface area contributed by atoms with Crippen molar-refractivity contribution in [3.8, 4) is 16.9 Å². The normalized spacial score (nSPS) is 11.3. The van der Waals surface area contributed by atoms with Crippen molar-refractivity contribution < 1.29 is 13.2 Å². The first kappa shape index (κ1) is 21.8. The lowest BCUT2D eigenvalue weighted by Crippen LogP contribution is -2.24. The monoisotopic (exact) mass is 466 g/mol. The van der Waals surface area contributed by atoms with E-state index in [-0.39, 0.29) is 5.91 Å². The van der Waals surface area contributed by atoms with Crippen LogP contribution in [0.2, 0.25) is 0 Å². The summed E-state index contributed by atoms with van der Waals surface area (Å²) in [5.41, 5.74) is 4.66. The van der Waals surface area contributed by atoms with Crippen LogP contribution in [0.1, 0.15) is 15.9 Å². The molecule has 0 fully saturated rings. The smallest absolute Gasteiger partial charge is 0.257 e. The van der Waals surface area contributed by atoms with Gasteiger partial charge in [-0.1, -0.05) is 18.2 Å². The highest BCUT2D eigenvalue weighted by molar-refractivity contribution is 7.92. The van der Waals surface area contributed by atoms with E-state index in [0.29, 0.717) is 22.1 Å². The molecule has 32 heavy (non-hydrogen) atoms. The lowest BCUT2D eigenvalue weighted by atomic mass is 10.1. The van der Waals surface area contributed by atoms with E-state index in [4.69, 9.17) is 0 Å². The predicted octanol–water partition coefficient (Wildman–Crippen LogP) is 4.56. The number of hydrogen-bond acceptors (Lipinski definition) is 5. The van der Waals surface area contributed by atoms with E-state index in [9.17, 15) is 13.2 Å². The first-order valence-electron chi connectivity index (χ1n) is 9.77. The molecule has 0 atom stereocenters. The van der Waals surface area contributed by atoms with Crippen LogP contribution in [0, 0.1) is 6.92 Å². The van der Waals surface area contributed by atoms with Crippen molar-refractivity contribution in [2.24, 2.45) is 0 Å². The second-order valence-corrected chi connectivity index (χ2v) is 10.2. The number of aromatic nitrogens is 2. The first-order valence-corrected chi connectivity index (χ1v) is 12.5. The maximum Gasteiger partial charge on any atom is 0.257 e. The highest BCUT2D eigenvalue weighted by Crippen LogP contribution is 2.27. The number of hydrogen-bond donors (Lipinski definition) is 1. The lowest BCUT2D eigenvalue weighted by molar-refractivity contribution is 0.102. The summed E-state index contributed by atoms with van der Waals surface area (Å²) >= 11 is 1.33. The molecule has 2 aromatic carbocycles. The average Bonchev–Trinajstić information content (AvgIpc) is 3.45. The summed E-state index contributed by atoms with van der Waals surface area (Å²) in [6.07, 6.45) is 5.04. The molecule has 2 aromatic heterocycles. The molecule has 164 valence electrons. The molecule has 2 heterocycles. The molecule has 0 aliphatic rings. The molecule has 4 rings (SSSR count). The third kappa shape index (κ3) is 4.58. The zero-order valence-electron chi connectivity index (χ0n) is 17.8. The Bertz CT molecular complexity index is 1360. The Morgan fingerprint density at radius 1 is 1.09 bits per heavy atom. The van der Waals surface area contributed by atoms with Crippen LogP contribution < -0.4 is 9.62 Å². The minimum absolute atomic E-state index is 0.232. The summed E-state index contributed by atoms with van der Waals surface area (Å²) in [7, 11) is -1.81. The van der Waals surface area contributed by atoms with Crippen LogP contribution in [-0.4, -0.2) is 37.2 Å². The van der Waals surface area contributed by atoms with Crippen LogP contribution >= 0.6 is 11.3 Å². The number of thiazole rings is 1. The quantitative estimate of drug-likeness (QED) is 0.452. The highest BCUT2D eigenvalue weighted by Gasteiger charge is 2.14. The van der Waals surface area contributed by atoms with Crippen molar-refractivity contribution >= 4 is 38.1 Å². The molecule has 0 spiro atoms. The zero-order chi connectivity index (χ0) is 22.9. The Labute approximate surface area is 191 Å². The van der Waals surface area contributed by atoms with Crippen molar-refractivity contribution in [2.75, 3.05) is 22.9 Å². The van der Waals surface area contributed by atoms with Gasteiger partial charge in [0.05, 0.1) is 17.6 Å². The number of amides is 1. The largest absolute Gasteiger partial charge is 0.324 e. The van der Waals surface area contributed by atoms with Crippen molar-refractivity contribution in [3.63, 3.8) is 0 Å². The van der Waals surface area contributed by atoms with E-state index < -0.39 is 10.0 Å². The summed E-state index contributed by atoms with van der Waals surface area (Å²) < 4.78 is 26.6. The Morgan fingerprint density at radius 3 is 2.44 bits per heavy atom. The van der Waals surface area contributed by atoms with E-state index in [1.54, 1.807) is 30.3 Å². The summed E-state index contributed by atoms with van der Waals surface area (Å²) in [5.74, 6) is -0.232. The fraction of sp³-hybridized carbons (Fsp3) is 0.130. The number of carbonyl (C=O) groups is 1. The fourth-order valence-electron chi connectivity index (χ4n) is 3.19. The molecule has 0 aliphatic heterocycles. The molecule has 0 saturated heterocycles. The highest BCUT2D eigenvalue weighted by atomic mass is 32.2. The number of anilines is 2. The Kier molecular flexibility index (Phi) is 5.86. The van der Waals surface area contributed by atoms with Crippen molar-refractivity contribution in [3.05, 3.63) is 83.5 Å². The van der Waals surface area contributed by atoms with E-state index in [2.05, 4.69) is 10.3 Å². The minimum atomic E-state index is -3.32. The van der Waals surface area contributed by atoms with Gasteiger partial charge in [-0.05, 0) is 48.9 Å². The van der Waals surface area contributed by atoms with Gasteiger partial charge in [0.1, 0.15) is 0 Å². The van der Waals surface area contributed by atoms with Crippen LogP contribution in [0.4, 0.5) is 10.8 Å². The van der Waals surface area contributed by atoms with Crippen LogP contribution in [0.3, 0.4) is 0 Å². The van der Waals surface area contributed by atoms with Crippen molar-refractivity contribution in [1.29, 1.82) is 0 Å². The van der Waals surface area contributed by atoms with Crippen molar-refractivity contribution in [1.82, 2.24) is 9.55 Å². The average molecular weight is 467 g/mol. The number of sulfonamides is 1. The van der Waals surface area contributed by atoms with Crippen LogP contribution in [0.25, 0.3) is 16.9 Å². The predicted molar refractivity (Wildman–Crippen MR) is 129 cm³/mol. The molecule has 1 N–H and O–H groups in total. The van der Waals surface area contributed by atoms with Gasteiger partial charge in [0.15, 0.2) is 5.13 Å². The molecule has 4 aromatic rings. The Morgan fingerprint density at radius 2 is 1.78 bits per heavy atom. The molecule has 1 amide bonds. The molecule has 0 radical (unpaired) electrons. The topological polar surface area (TPSA) is 84.3 Å². The van der Waals surface area contributed by atoms with Gasteiger partial charge in [0.2, 0.25) is 10.0 Å². The molecule has 0 bridgehead atoms. The van der Waals surface area contributed by atoms with Gasteiger partial charge < -0.3 is 4.57 Å². The minimum Gasteiger partial charge on any atom is -0.324 e. The SMILES string of the molecule is Cc1ccc(C(=O)Nc2nc(-c3ccc(N(C)S(C)(=O)=O)cc3)cs2)cc1-n1cccc1. The molecular weight excluding hydrogens is 444 g/mol. The number of rotatable bonds is 6. The molecule has 7 nitrogen and oxygen atoms in total. The van der Waals surface area contributed by atoms with Gasteiger partial charge in [-0.3, -0.25) is 14.4 Å². The number of carbonyl (C=O) groups excluding carboxylic acids is 1. The Balaban J connectivity index is 1.50. The maximum absolute atomic E-state index is 12.8. The molecule has 0 saturated carbocycles. The second kappa shape index (κ2) is 8.60. The van der Waals surface area contributed by atoms with Crippen LogP contribution in [0.15, 0.2) is 72.4 Å². The van der Waals surface area contributed by atoms with E-state index in [0.717, 1.165) is 23.1 Å². The molecule has 9 heteroatoms. The Hall–Kier alpha value is -3.43. The molecule has 0 aliphatic carbocycles. The van der Waals surface area contributed by atoms with Gasteiger partial charge in [0, 0.05) is 41.6 Å². The molecular formula is C23H22N4O3S2. The lowest BCUT2D eigenvalue weighted by Gasteiger charge is -2.16. The summed E-state index contributed by atoms with van der Waals surface area (Å²) in [6, 6.07) is 16.5. The van der Waals surface area contributed by atoms with Gasteiger partial charge >= 0.3 is 0 Å². The molecule has 0 unspecified atom stereocenters. The number of nitrogens with zero attached hydrogens (tertiary/aromatic N) is 3. The summed E-state index contributed by atoms with van der Waals surface area (Å²) in [4.78, 5) is 17.3. The zero-order valence-corrected chi connectivity index (χ0v) is 19.4. The van der Waals surface area contributed by atoms with E-state index in [1.807, 2.05) is 53.5 Å². The number of nitrogens with one attached hydrogen (secondary N) is 1.